The van der Waals surface area contributed by atoms with E-state index in [9.17, 15) is 18.0 Å². The van der Waals surface area contributed by atoms with Crippen molar-refractivity contribution in [1.82, 2.24) is 25.9 Å². The number of rotatable bonds is 4. The minimum atomic E-state index is -4.78. The Hall–Kier alpha value is -3.69. The zero-order valence-electron chi connectivity index (χ0n) is 16.6. The molecule has 3 aromatic rings. The number of H-pyrrole nitrogens is 1. The molecular weight excluding hydrogens is 411 g/mol. The molecule has 0 saturated heterocycles. The second kappa shape index (κ2) is 7.53. The van der Waals surface area contributed by atoms with Crippen molar-refractivity contribution in [2.45, 2.75) is 25.1 Å². The normalized spacial score (nSPS) is 19.3. The van der Waals surface area contributed by atoms with Crippen LogP contribution in [0.3, 0.4) is 0 Å². The topological polar surface area (TPSA) is 92.8 Å². The Kier molecular flexibility index (Phi) is 5.00. The first-order chi connectivity index (χ1) is 14.7. The monoisotopic (exact) mass is 429 g/mol. The fourth-order valence-electron chi connectivity index (χ4n) is 3.68. The van der Waals surface area contributed by atoms with Crippen molar-refractivity contribution in [3.05, 3.63) is 71.0 Å². The quantitative estimate of drug-likeness (QED) is 0.663. The smallest absolute Gasteiger partial charge is 0.416 e. The van der Waals surface area contributed by atoms with Crippen LogP contribution in [0.15, 0.2) is 48.5 Å². The minimum Gasteiger partial charge on any atom is -0.497 e. The third-order valence-electron chi connectivity index (χ3n) is 5.33. The van der Waals surface area contributed by atoms with Gasteiger partial charge in [-0.1, -0.05) is 42.0 Å². The number of aryl methyl sites for hydroxylation is 1. The number of aromatic nitrogens is 4. The molecule has 0 fully saturated rings. The van der Waals surface area contributed by atoms with E-state index in [1.165, 1.54) is 31.4 Å². The van der Waals surface area contributed by atoms with Gasteiger partial charge in [0.2, 0.25) is 5.82 Å². The van der Waals surface area contributed by atoms with Gasteiger partial charge in [0, 0.05) is 6.42 Å². The van der Waals surface area contributed by atoms with E-state index < -0.39 is 24.0 Å². The number of methoxy groups -OCH3 is 1. The van der Waals surface area contributed by atoms with Crippen molar-refractivity contribution in [1.29, 1.82) is 0 Å². The predicted molar refractivity (Wildman–Crippen MR) is 106 cm³/mol. The first-order valence-electron chi connectivity index (χ1n) is 9.33. The van der Waals surface area contributed by atoms with Crippen molar-refractivity contribution >= 4 is 17.1 Å². The van der Waals surface area contributed by atoms with Crippen LogP contribution in [0, 0.1) is 6.92 Å². The van der Waals surface area contributed by atoms with Crippen molar-refractivity contribution < 1.29 is 22.7 Å². The number of carbonyl (C=O) groups is 1. The third kappa shape index (κ3) is 3.54. The summed E-state index contributed by atoms with van der Waals surface area (Å²) < 4.78 is 48.7. The molecule has 10 heteroatoms. The van der Waals surface area contributed by atoms with Gasteiger partial charge in [-0.05, 0) is 41.0 Å². The molecule has 31 heavy (non-hydrogen) atoms. The van der Waals surface area contributed by atoms with Gasteiger partial charge in [-0.3, -0.25) is 4.79 Å². The van der Waals surface area contributed by atoms with Crippen LogP contribution in [0.4, 0.5) is 13.2 Å². The summed E-state index contributed by atoms with van der Waals surface area (Å²) in [6, 6.07) is 12.4. The first kappa shape index (κ1) is 20.6. The lowest BCUT2D eigenvalue weighted by molar-refractivity contribution is -0.201. The second-order valence-corrected chi connectivity index (χ2v) is 7.22. The molecule has 1 aromatic heterocycles. The van der Waals surface area contributed by atoms with Gasteiger partial charge in [0.05, 0.1) is 12.7 Å². The molecule has 2 heterocycles. The number of hydrogen-bond donors (Lipinski definition) is 2. The number of benzene rings is 2. The summed E-state index contributed by atoms with van der Waals surface area (Å²) in [7, 11) is 1.42. The number of hydrogen-bond acceptors (Lipinski definition) is 5. The highest BCUT2D eigenvalue weighted by molar-refractivity contribution is 6.27. The predicted octanol–water partition coefficient (Wildman–Crippen LogP) is 3.41. The Morgan fingerprint density at radius 2 is 1.74 bits per heavy atom. The molecule has 160 valence electrons. The maximum atomic E-state index is 14.5. The van der Waals surface area contributed by atoms with Crippen molar-refractivity contribution in [2.75, 3.05) is 7.11 Å². The lowest BCUT2D eigenvalue weighted by Crippen LogP contribution is -2.58. The molecule has 1 unspecified atom stereocenters. The first-order valence-corrected chi connectivity index (χ1v) is 9.33. The molecule has 1 aliphatic rings. The standard InChI is InChI=1S/C21H18F3N5O2/c1-12-3-5-13(6-4-12)16-11-20(21(22,23)24,14-7-9-15(31-2)10-8-14)25-19(30)17(16)18-26-28-29-27-18/h3-10H,11H2,1-2H3,(H,25,30)(H,26,27,28,29). The van der Waals surface area contributed by atoms with Crippen LogP contribution < -0.4 is 10.1 Å². The van der Waals surface area contributed by atoms with E-state index in [4.69, 9.17) is 4.74 Å². The van der Waals surface area contributed by atoms with Crippen LogP contribution in [-0.2, 0) is 10.3 Å². The van der Waals surface area contributed by atoms with Gasteiger partial charge < -0.3 is 10.1 Å². The van der Waals surface area contributed by atoms with E-state index in [1.54, 1.807) is 24.3 Å². The Morgan fingerprint density at radius 1 is 1.06 bits per heavy atom. The number of alkyl halides is 3. The molecular formula is C21H18F3N5O2. The average molecular weight is 429 g/mol. The second-order valence-electron chi connectivity index (χ2n) is 7.22. The fourth-order valence-corrected chi connectivity index (χ4v) is 3.68. The summed E-state index contributed by atoms with van der Waals surface area (Å²) in [6.07, 6.45) is -5.32. The molecule has 0 aliphatic carbocycles. The molecule has 0 bridgehead atoms. The van der Waals surface area contributed by atoms with Crippen LogP contribution in [0.2, 0.25) is 0 Å². The number of amides is 1. The summed E-state index contributed by atoms with van der Waals surface area (Å²) in [6.45, 7) is 1.86. The van der Waals surface area contributed by atoms with E-state index in [2.05, 4.69) is 25.9 Å². The van der Waals surface area contributed by atoms with Gasteiger partial charge in [0.25, 0.3) is 5.91 Å². The van der Waals surface area contributed by atoms with Gasteiger partial charge in [-0.2, -0.15) is 18.4 Å². The van der Waals surface area contributed by atoms with E-state index in [1.807, 2.05) is 6.92 Å². The Bertz CT molecular complexity index is 1120. The summed E-state index contributed by atoms with van der Waals surface area (Å²) in [5.41, 5.74) is -1.20. The van der Waals surface area contributed by atoms with E-state index in [0.717, 1.165) is 5.56 Å². The van der Waals surface area contributed by atoms with Crippen molar-refractivity contribution in [3.63, 3.8) is 0 Å². The Labute approximate surface area is 175 Å². The summed E-state index contributed by atoms with van der Waals surface area (Å²) in [5, 5.41) is 15.5. The van der Waals surface area contributed by atoms with Crippen LogP contribution in [-0.4, -0.2) is 39.8 Å². The SMILES string of the molecule is COc1ccc(C2(C(F)(F)F)CC(c3ccc(C)cc3)=C(c3nn[nH]n3)C(=O)N2)cc1. The van der Waals surface area contributed by atoms with Crippen LogP contribution in [0.1, 0.15) is 28.9 Å². The van der Waals surface area contributed by atoms with Crippen LogP contribution in [0.25, 0.3) is 11.1 Å². The van der Waals surface area contributed by atoms with Gasteiger partial charge in [0.1, 0.15) is 5.75 Å². The van der Waals surface area contributed by atoms with Crippen LogP contribution >= 0.6 is 0 Å². The molecule has 0 spiro atoms. The number of carbonyl (C=O) groups excluding carboxylic acids is 1. The molecule has 2 N–H and O–H groups in total. The van der Waals surface area contributed by atoms with Gasteiger partial charge in [-0.25, -0.2) is 0 Å². The highest BCUT2D eigenvalue weighted by atomic mass is 19.4. The summed E-state index contributed by atoms with van der Waals surface area (Å²) in [4.78, 5) is 13.1. The molecule has 1 atom stereocenters. The van der Waals surface area contributed by atoms with Gasteiger partial charge >= 0.3 is 6.18 Å². The lowest BCUT2D eigenvalue weighted by atomic mass is 9.76. The molecule has 4 rings (SSSR count). The number of nitrogens with zero attached hydrogens (tertiary/aromatic N) is 3. The van der Waals surface area contributed by atoms with Crippen molar-refractivity contribution in [3.8, 4) is 5.75 Å². The zero-order valence-corrected chi connectivity index (χ0v) is 16.6. The largest absolute Gasteiger partial charge is 0.497 e. The molecule has 1 aliphatic heterocycles. The van der Waals surface area contributed by atoms with E-state index >= 15 is 0 Å². The minimum absolute atomic E-state index is 0.0500. The lowest BCUT2D eigenvalue weighted by Gasteiger charge is -2.41. The van der Waals surface area contributed by atoms with Crippen molar-refractivity contribution in [2.24, 2.45) is 0 Å². The zero-order chi connectivity index (χ0) is 22.2. The molecule has 7 nitrogen and oxygen atoms in total. The number of halogens is 3. The van der Waals surface area contributed by atoms with E-state index in [-0.39, 0.29) is 22.5 Å². The summed E-state index contributed by atoms with van der Waals surface area (Å²) >= 11 is 0. The summed E-state index contributed by atoms with van der Waals surface area (Å²) in [5.74, 6) is -0.597. The Morgan fingerprint density at radius 3 is 2.29 bits per heavy atom. The molecule has 0 saturated carbocycles. The van der Waals surface area contributed by atoms with Gasteiger partial charge in [-0.15, -0.1) is 10.2 Å². The number of aromatic amines is 1. The molecule has 2 aromatic carbocycles. The maximum absolute atomic E-state index is 14.5. The maximum Gasteiger partial charge on any atom is 0.416 e. The number of nitrogens with one attached hydrogen (secondary N) is 2. The molecule has 1 amide bonds. The van der Waals surface area contributed by atoms with Gasteiger partial charge in [0.15, 0.2) is 5.54 Å². The highest BCUT2D eigenvalue weighted by Crippen LogP contribution is 2.49. The molecule has 0 radical (unpaired) electrons. The third-order valence-corrected chi connectivity index (χ3v) is 5.33. The highest BCUT2D eigenvalue weighted by Gasteiger charge is 2.59. The fraction of sp³-hybridized carbons (Fsp3) is 0.238. The van der Waals surface area contributed by atoms with Crippen LogP contribution in [0.5, 0.6) is 5.75 Å². The number of tetrazole rings is 1. The van der Waals surface area contributed by atoms with E-state index in [0.29, 0.717) is 11.3 Å². The number of ether oxygens (including phenoxy) is 1. The Balaban J connectivity index is 1.94. The average Bonchev–Trinajstić information content (AvgIpc) is 3.27.